The van der Waals surface area contributed by atoms with E-state index in [1.54, 1.807) is 11.1 Å². The van der Waals surface area contributed by atoms with Gasteiger partial charge in [-0.15, -0.1) is 0 Å². The summed E-state index contributed by atoms with van der Waals surface area (Å²) >= 11 is 0. The molecule has 0 saturated carbocycles. The largest absolute Gasteiger partial charge is 0.314 e. The number of hydrogen-bond donors (Lipinski definition) is 1. The SMILES string of the molecule is CCCN(C1CNC1)C1CCc2ccccc2C1. The fourth-order valence-electron chi connectivity index (χ4n) is 3.39. The lowest BCUT2D eigenvalue weighted by atomic mass is 9.86. The quantitative estimate of drug-likeness (QED) is 0.874. The van der Waals surface area contributed by atoms with Crippen LogP contribution in [0.1, 0.15) is 30.9 Å². The summed E-state index contributed by atoms with van der Waals surface area (Å²) < 4.78 is 0. The van der Waals surface area contributed by atoms with Crippen molar-refractivity contribution in [1.82, 2.24) is 10.2 Å². The normalized spacial score (nSPS) is 23.8. The molecule has 1 fully saturated rings. The first-order valence-corrected chi connectivity index (χ1v) is 7.41. The fourth-order valence-corrected chi connectivity index (χ4v) is 3.39. The summed E-state index contributed by atoms with van der Waals surface area (Å²) in [5.41, 5.74) is 3.17. The van der Waals surface area contributed by atoms with Crippen molar-refractivity contribution >= 4 is 0 Å². The van der Waals surface area contributed by atoms with Crippen molar-refractivity contribution in [2.75, 3.05) is 19.6 Å². The van der Waals surface area contributed by atoms with Gasteiger partial charge >= 0.3 is 0 Å². The second-order valence-corrected chi connectivity index (χ2v) is 5.72. The van der Waals surface area contributed by atoms with Crippen molar-refractivity contribution in [2.24, 2.45) is 0 Å². The van der Waals surface area contributed by atoms with Crippen LogP contribution in [0.15, 0.2) is 24.3 Å². The number of nitrogens with zero attached hydrogens (tertiary/aromatic N) is 1. The Labute approximate surface area is 110 Å². The highest BCUT2D eigenvalue weighted by atomic mass is 15.3. The lowest BCUT2D eigenvalue weighted by Gasteiger charge is -2.44. The van der Waals surface area contributed by atoms with Crippen molar-refractivity contribution < 1.29 is 0 Å². The number of fused-ring (bicyclic) bond motifs is 1. The first-order chi connectivity index (χ1) is 8.88. The van der Waals surface area contributed by atoms with Crippen LogP contribution in [0.5, 0.6) is 0 Å². The van der Waals surface area contributed by atoms with Crippen LogP contribution in [0.2, 0.25) is 0 Å². The molecule has 2 nitrogen and oxygen atoms in total. The van der Waals surface area contributed by atoms with E-state index in [4.69, 9.17) is 0 Å². The van der Waals surface area contributed by atoms with Gasteiger partial charge < -0.3 is 5.32 Å². The lowest BCUT2D eigenvalue weighted by molar-refractivity contribution is 0.0863. The van der Waals surface area contributed by atoms with Crippen molar-refractivity contribution in [3.8, 4) is 0 Å². The van der Waals surface area contributed by atoms with E-state index in [9.17, 15) is 0 Å². The van der Waals surface area contributed by atoms with E-state index >= 15 is 0 Å². The number of aryl methyl sites for hydroxylation is 1. The summed E-state index contributed by atoms with van der Waals surface area (Å²) in [6, 6.07) is 10.6. The molecule has 0 bridgehead atoms. The van der Waals surface area contributed by atoms with Crippen molar-refractivity contribution in [3.63, 3.8) is 0 Å². The summed E-state index contributed by atoms with van der Waals surface area (Å²) in [4.78, 5) is 2.77. The molecule has 1 aromatic rings. The summed E-state index contributed by atoms with van der Waals surface area (Å²) in [6.45, 7) is 5.95. The minimum Gasteiger partial charge on any atom is -0.314 e. The minimum absolute atomic E-state index is 0.770. The molecule has 0 radical (unpaired) electrons. The smallest absolute Gasteiger partial charge is 0.0348 e. The molecule has 1 aromatic carbocycles. The van der Waals surface area contributed by atoms with Gasteiger partial charge in [-0.1, -0.05) is 31.2 Å². The molecule has 1 atom stereocenters. The summed E-state index contributed by atoms with van der Waals surface area (Å²) in [5.74, 6) is 0. The third kappa shape index (κ3) is 2.32. The number of benzene rings is 1. The molecule has 3 rings (SSSR count). The van der Waals surface area contributed by atoms with Crippen LogP contribution in [0.4, 0.5) is 0 Å². The molecule has 1 aliphatic carbocycles. The average molecular weight is 244 g/mol. The van der Waals surface area contributed by atoms with E-state index in [0.29, 0.717) is 0 Å². The highest BCUT2D eigenvalue weighted by Crippen LogP contribution is 2.26. The zero-order valence-corrected chi connectivity index (χ0v) is 11.4. The first-order valence-electron chi connectivity index (χ1n) is 7.41. The van der Waals surface area contributed by atoms with Crippen molar-refractivity contribution in [3.05, 3.63) is 35.4 Å². The Morgan fingerprint density at radius 3 is 2.61 bits per heavy atom. The molecule has 98 valence electrons. The summed E-state index contributed by atoms with van der Waals surface area (Å²) in [6.07, 6.45) is 5.13. The number of rotatable bonds is 4. The maximum Gasteiger partial charge on any atom is 0.0348 e. The van der Waals surface area contributed by atoms with Gasteiger partial charge in [0.15, 0.2) is 0 Å². The second-order valence-electron chi connectivity index (χ2n) is 5.72. The van der Waals surface area contributed by atoms with Gasteiger partial charge in [-0.2, -0.15) is 0 Å². The van der Waals surface area contributed by atoms with E-state index in [1.807, 2.05) is 0 Å². The topological polar surface area (TPSA) is 15.3 Å². The average Bonchev–Trinajstić information content (AvgIpc) is 2.35. The van der Waals surface area contributed by atoms with Gasteiger partial charge in [-0.3, -0.25) is 4.90 Å². The minimum atomic E-state index is 0.770. The molecule has 1 heterocycles. The van der Waals surface area contributed by atoms with Gasteiger partial charge in [0.2, 0.25) is 0 Å². The van der Waals surface area contributed by atoms with Crippen LogP contribution in [0.25, 0.3) is 0 Å². The van der Waals surface area contributed by atoms with E-state index in [2.05, 4.69) is 41.4 Å². The highest BCUT2D eigenvalue weighted by Gasteiger charge is 2.31. The fraction of sp³-hybridized carbons (Fsp3) is 0.625. The predicted octanol–water partition coefficient (Wildman–Crippen LogP) is 2.23. The Morgan fingerprint density at radius 1 is 1.17 bits per heavy atom. The highest BCUT2D eigenvalue weighted by molar-refractivity contribution is 5.30. The molecule has 2 heteroatoms. The van der Waals surface area contributed by atoms with Crippen LogP contribution < -0.4 is 5.32 Å². The Balaban J connectivity index is 1.72. The van der Waals surface area contributed by atoms with Gasteiger partial charge in [0, 0.05) is 25.2 Å². The standard InChI is InChI=1S/C16H24N2/c1-2-9-18(16-11-17-12-16)15-8-7-13-5-3-4-6-14(13)10-15/h3-6,15-17H,2,7-12H2,1H3. The van der Waals surface area contributed by atoms with Gasteiger partial charge in [0.25, 0.3) is 0 Å². The monoisotopic (exact) mass is 244 g/mol. The van der Waals surface area contributed by atoms with Gasteiger partial charge in [0.05, 0.1) is 0 Å². The van der Waals surface area contributed by atoms with E-state index in [1.165, 1.54) is 45.3 Å². The maximum absolute atomic E-state index is 3.42. The maximum atomic E-state index is 3.42. The van der Waals surface area contributed by atoms with Gasteiger partial charge in [-0.05, 0) is 43.4 Å². The number of hydrogen-bond acceptors (Lipinski definition) is 2. The molecule has 18 heavy (non-hydrogen) atoms. The third-order valence-electron chi connectivity index (χ3n) is 4.50. The zero-order chi connectivity index (χ0) is 12.4. The Kier molecular flexibility index (Phi) is 3.67. The molecule has 2 aliphatic rings. The van der Waals surface area contributed by atoms with Crippen LogP contribution in [-0.2, 0) is 12.8 Å². The third-order valence-corrected chi connectivity index (χ3v) is 4.50. The van der Waals surface area contributed by atoms with Crippen LogP contribution in [0.3, 0.4) is 0 Å². The Bertz CT molecular complexity index is 398. The van der Waals surface area contributed by atoms with E-state index < -0.39 is 0 Å². The van der Waals surface area contributed by atoms with Gasteiger partial charge in [-0.25, -0.2) is 0 Å². The second kappa shape index (κ2) is 5.41. The van der Waals surface area contributed by atoms with Crippen molar-refractivity contribution in [1.29, 1.82) is 0 Å². The molecule has 0 amide bonds. The van der Waals surface area contributed by atoms with Crippen LogP contribution >= 0.6 is 0 Å². The molecule has 0 aromatic heterocycles. The Morgan fingerprint density at radius 2 is 1.94 bits per heavy atom. The molecule has 1 unspecified atom stereocenters. The number of nitrogens with one attached hydrogen (secondary N) is 1. The van der Waals surface area contributed by atoms with E-state index in [0.717, 1.165) is 12.1 Å². The molecule has 1 aliphatic heterocycles. The van der Waals surface area contributed by atoms with E-state index in [-0.39, 0.29) is 0 Å². The Hall–Kier alpha value is -0.860. The molecule has 0 spiro atoms. The van der Waals surface area contributed by atoms with Crippen molar-refractivity contribution in [2.45, 2.75) is 44.7 Å². The molecular weight excluding hydrogens is 220 g/mol. The zero-order valence-electron chi connectivity index (χ0n) is 11.4. The summed E-state index contributed by atoms with van der Waals surface area (Å²) in [5, 5.41) is 3.42. The lowest BCUT2D eigenvalue weighted by Crippen LogP contribution is -2.60. The predicted molar refractivity (Wildman–Crippen MR) is 75.9 cm³/mol. The molecule has 1 saturated heterocycles. The van der Waals surface area contributed by atoms with Crippen LogP contribution in [0, 0.1) is 0 Å². The van der Waals surface area contributed by atoms with Gasteiger partial charge in [0.1, 0.15) is 0 Å². The summed E-state index contributed by atoms with van der Waals surface area (Å²) in [7, 11) is 0. The molecular formula is C16H24N2. The van der Waals surface area contributed by atoms with Crippen LogP contribution in [-0.4, -0.2) is 36.6 Å². The first kappa shape index (κ1) is 12.2. The molecule has 1 N–H and O–H groups in total.